The van der Waals surface area contributed by atoms with E-state index in [1.54, 1.807) is 11.3 Å². The van der Waals surface area contributed by atoms with Gasteiger partial charge in [-0.15, -0.1) is 11.3 Å². The maximum absolute atomic E-state index is 5.88. The van der Waals surface area contributed by atoms with E-state index in [1.807, 2.05) is 0 Å². The molecule has 1 saturated heterocycles. The minimum atomic E-state index is 0.0719. The molecule has 1 fully saturated rings. The van der Waals surface area contributed by atoms with Crippen LogP contribution in [0.5, 0.6) is 0 Å². The number of rotatable bonds is 5. The SMILES string of the molecule is CC(C)(C(Cc1sccc1Br)NN)N1CCCCCC1. The van der Waals surface area contributed by atoms with Crippen molar-refractivity contribution in [3.8, 4) is 0 Å². The van der Waals surface area contributed by atoms with Gasteiger partial charge < -0.3 is 0 Å². The summed E-state index contributed by atoms with van der Waals surface area (Å²) in [4.78, 5) is 3.99. The normalized spacial score (nSPS) is 19.8. The Morgan fingerprint density at radius 3 is 2.50 bits per heavy atom. The predicted octanol–water partition coefficient (Wildman–Crippen LogP) is 3.54. The van der Waals surface area contributed by atoms with Crippen LogP contribution in [0.4, 0.5) is 0 Å². The Hall–Kier alpha value is 0.0600. The van der Waals surface area contributed by atoms with E-state index >= 15 is 0 Å². The molecule has 1 aliphatic heterocycles. The van der Waals surface area contributed by atoms with E-state index in [-0.39, 0.29) is 11.6 Å². The molecule has 0 aliphatic carbocycles. The van der Waals surface area contributed by atoms with Crippen LogP contribution in [0.15, 0.2) is 15.9 Å². The van der Waals surface area contributed by atoms with E-state index in [0.29, 0.717) is 0 Å². The summed E-state index contributed by atoms with van der Waals surface area (Å²) in [6.07, 6.45) is 6.32. The molecule has 114 valence electrons. The monoisotopic (exact) mass is 359 g/mol. The molecule has 0 radical (unpaired) electrons. The summed E-state index contributed by atoms with van der Waals surface area (Å²) in [6, 6.07) is 2.38. The summed E-state index contributed by atoms with van der Waals surface area (Å²) in [5.74, 6) is 5.88. The number of hydrogen-bond donors (Lipinski definition) is 2. The second kappa shape index (κ2) is 7.36. The number of halogens is 1. The summed E-state index contributed by atoms with van der Waals surface area (Å²) >= 11 is 5.43. The highest BCUT2D eigenvalue weighted by molar-refractivity contribution is 9.10. The van der Waals surface area contributed by atoms with Crippen molar-refractivity contribution in [2.24, 2.45) is 5.84 Å². The first-order valence-corrected chi connectivity index (χ1v) is 9.16. The topological polar surface area (TPSA) is 41.3 Å². The van der Waals surface area contributed by atoms with Crippen molar-refractivity contribution in [2.45, 2.75) is 57.5 Å². The fraction of sp³-hybridized carbons (Fsp3) is 0.733. The van der Waals surface area contributed by atoms with Gasteiger partial charge in [0.15, 0.2) is 0 Å². The first-order valence-electron chi connectivity index (χ1n) is 7.48. The summed E-state index contributed by atoms with van der Waals surface area (Å²) in [5.41, 5.74) is 3.14. The Morgan fingerprint density at radius 1 is 1.35 bits per heavy atom. The maximum Gasteiger partial charge on any atom is 0.0437 e. The lowest BCUT2D eigenvalue weighted by atomic mass is 9.89. The summed E-state index contributed by atoms with van der Waals surface area (Å²) < 4.78 is 1.20. The van der Waals surface area contributed by atoms with E-state index in [4.69, 9.17) is 5.84 Å². The van der Waals surface area contributed by atoms with Crippen LogP contribution in [0.1, 0.15) is 44.4 Å². The third-order valence-electron chi connectivity index (χ3n) is 4.56. The van der Waals surface area contributed by atoms with Gasteiger partial charge in [-0.3, -0.25) is 16.2 Å². The van der Waals surface area contributed by atoms with Crippen LogP contribution in [0.3, 0.4) is 0 Å². The Morgan fingerprint density at radius 2 is 2.00 bits per heavy atom. The summed E-state index contributed by atoms with van der Waals surface area (Å²) in [6.45, 7) is 7.03. The van der Waals surface area contributed by atoms with E-state index < -0.39 is 0 Å². The van der Waals surface area contributed by atoms with Gasteiger partial charge in [0.2, 0.25) is 0 Å². The van der Waals surface area contributed by atoms with E-state index in [1.165, 1.54) is 48.1 Å². The zero-order valence-electron chi connectivity index (χ0n) is 12.5. The van der Waals surface area contributed by atoms with Gasteiger partial charge in [-0.1, -0.05) is 12.8 Å². The minimum absolute atomic E-state index is 0.0719. The van der Waals surface area contributed by atoms with Crippen LogP contribution in [0, 0.1) is 0 Å². The molecular weight excluding hydrogens is 334 g/mol. The lowest BCUT2D eigenvalue weighted by molar-refractivity contribution is 0.0837. The van der Waals surface area contributed by atoms with Gasteiger partial charge in [-0.05, 0) is 67.2 Å². The van der Waals surface area contributed by atoms with E-state index in [0.717, 1.165) is 6.42 Å². The van der Waals surface area contributed by atoms with Crippen molar-refractivity contribution >= 4 is 27.3 Å². The van der Waals surface area contributed by atoms with Crippen molar-refractivity contribution in [3.63, 3.8) is 0 Å². The van der Waals surface area contributed by atoms with Crippen LogP contribution >= 0.6 is 27.3 Å². The Kier molecular flexibility index (Phi) is 6.05. The standard InChI is InChI=1S/C15H26BrN3S/c1-15(2,19-8-5-3-4-6-9-19)14(18-17)11-13-12(16)7-10-20-13/h7,10,14,18H,3-6,8-9,11,17H2,1-2H3. The number of nitrogens with two attached hydrogens (primary N) is 1. The Labute approximate surface area is 135 Å². The first kappa shape index (κ1) is 16.4. The molecule has 3 N–H and O–H groups in total. The lowest BCUT2D eigenvalue weighted by Crippen LogP contribution is -2.60. The van der Waals surface area contributed by atoms with Crippen molar-refractivity contribution < 1.29 is 0 Å². The van der Waals surface area contributed by atoms with Crippen molar-refractivity contribution in [1.82, 2.24) is 10.3 Å². The van der Waals surface area contributed by atoms with E-state index in [9.17, 15) is 0 Å². The van der Waals surface area contributed by atoms with Crippen molar-refractivity contribution in [2.75, 3.05) is 13.1 Å². The largest absolute Gasteiger partial charge is 0.297 e. The molecule has 1 unspecified atom stereocenters. The highest BCUT2D eigenvalue weighted by Gasteiger charge is 2.35. The number of hydrogen-bond acceptors (Lipinski definition) is 4. The number of thiophene rings is 1. The van der Waals surface area contributed by atoms with Gasteiger partial charge in [-0.25, -0.2) is 0 Å². The molecule has 2 heterocycles. The predicted molar refractivity (Wildman–Crippen MR) is 91.0 cm³/mol. The Balaban J connectivity index is 2.09. The zero-order valence-corrected chi connectivity index (χ0v) is 14.9. The molecule has 1 aromatic rings. The molecule has 2 rings (SSSR count). The number of likely N-dealkylation sites (tertiary alicyclic amines) is 1. The van der Waals surface area contributed by atoms with Gasteiger partial charge in [0.05, 0.1) is 0 Å². The number of hydrazine groups is 1. The molecule has 20 heavy (non-hydrogen) atoms. The molecule has 5 heteroatoms. The van der Waals surface area contributed by atoms with Gasteiger partial charge in [-0.2, -0.15) is 0 Å². The van der Waals surface area contributed by atoms with Crippen LogP contribution in [-0.4, -0.2) is 29.6 Å². The summed E-state index contributed by atoms with van der Waals surface area (Å²) in [5, 5.41) is 2.13. The maximum atomic E-state index is 5.88. The molecule has 1 aromatic heterocycles. The fourth-order valence-corrected chi connectivity index (χ4v) is 4.60. The van der Waals surface area contributed by atoms with Gasteiger partial charge in [0, 0.05) is 27.4 Å². The number of nitrogens with one attached hydrogen (secondary N) is 1. The molecule has 0 amide bonds. The van der Waals surface area contributed by atoms with Crippen molar-refractivity contribution in [1.29, 1.82) is 0 Å². The van der Waals surface area contributed by atoms with Gasteiger partial charge >= 0.3 is 0 Å². The molecule has 0 saturated carbocycles. The van der Waals surface area contributed by atoms with Crippen molar-refractivity contribution in [3.05, 3.63) is 20.8 Å². The zero-order chi connectivity index (χ0) is 14.6. The molecule has 0 aromatic carbocycles. The third kappa shape index (κ3) is 3.83. The second-order valence-corrected chi connectivity index (χ2v) is 8.03. The highest BCUT2D eigenvalue weighted by Crippen LogP contribution is 2.29. The van der Waals surface area contributed by atoms with Crippen LogP contribution < -0.4 is 11.3 Å². The average Bonchev–Trinajstić information content (AvgIpc) is 2.69. The number of nitrogens with zero attached hydrogens (tertiary/aromatic N) is 1. The molecule has 1 aliphatic rings. The quantitative estimate of drug-likeness (QED) is 0.623. The highest BCUT2D eigenvalue weighted by atomic mass is 79.9. The van der Waals surface area contributed by atoms with E-state index in [2.05, 4.69) is 51.5 Å². The Bertz CT molecular complexity index is 411. The second-order valence-electron chi connectivity index (χ2n) is 6.17. The third-order valence-corrected chi connectivity index (χ3v) is 6.50. The fourth-order valence-electron chi connectivity index (χ4n) is 3.04. The van der Waals surface area contributed by atoms with Crippen LogP contribution in [0.25, 0.3) is 0 Å². The van der Waals surface area contributed by atoms with Crippen LogP contribution in [-0.2, 0) is 6.42 Å². The molecular formula is C15H26BrN3S. The molecule has 3 nitrogen and oxygen atoms in total. The van der Waals surface area contributed by atoms with Gasteiger partial charge in [0.25, 0.3) is 0 Å². The minimum Gasteiger partial charge on any atom is -0.297 e. The molecule has 0 bridgehead atoms. The van der Waals surface area contributed by atoms with Gasteiger partial charge in [0.1, 0.15) is 0 Å². The molecule has 0 spiro atoms. The van der Waals surface area contributed by atoms with Crippen LogP contribution in [0.2, 0.25) is 0 Å². The lowest BCUT2D eigenvalue weighted by Gasteiger charge is -2.43. The molecule has 1 atom stereocenters. The smallest absolute Gasteiger partial charge is 0.0437 e. The summed E-state index contributed by atoms with van der Waals surface area (Å²) in [7, 11) is 0. The first-order chi connectivity index (χ1) is 9.55. The average molecular weight is 360 g/mol.